The molecular weight excluding hydrogens is 422 g/mol. The van der Waals surface area contributed by atoms with Crippen LogP contribution in [-0.2, 0) is 11.3 Å². The lowest BCUT2D eigenvalue weighted by atomic mass is 10.2. The first kappa shape index (κ1) is 20.1. The van der Waals surface area contributed by atoms with Gasteiger partial charge in [0, 0.05) is 18.0 Å². The van der Waals surface area contributed by atoms with Gasteiger partial charge in [-0.1, -0.05) is 29.3 Å². The molecule has 1 amide bonds. The van der Waals surface area contributed by atoms with Crippen LogP contribution in [0.25, 0.3) is 10.2 Å². The molecule has 6 nitrogen and oxygen atoms in total. The Labute approximate surface area is 181 Å². The maximum atomic E-state index is 12.5. The van der Waals surface area contributed by atoms with Crippen molar-refractivity contribution in [3.63, 3.8) is 0 Å². The highest BCUT2D eigenvalue weighted by Crippen LogP contribution is 2.32. The van der Waals surface area contributed by atoms with Gasteiger partial charge in [-0.25, -0.2) is 4.98 Å². The average Bonchev–Trinajstić information content (AvgIpc) is 3.21. The predicted molar refractivity (Wildman–Crippen MR) is 120 cm³/mol. The molecule has 8 heteroatoms. The molecule has 2 aromatic heterocycles. The smallest absolute Gasteiger partial charge is 0.262 e. The molecule has 0 unspecified atom stereocenters. The van der Waals surface area contributed by atoms with E-state index in [9.17, 15) is 9.59 Å². The number of amides is 1. The van der Waals surface area contributed by atoms with E-state index in [0.29, 0.717) is 32.4 Å². The number of anilines is 1. The number of carbonyl (C=O) groups excluding carboxylic acids is 1. The Hall–Kier alpha value is -3.16. The van der Waals surface area contributed by atoms with E-state index in [4.69, 9.17) is 16.3 Å². The number of thiophene rings is 1. The number of nitrogens with zero attached hydrogens (tertiary/aromatic N) is 2. The normalized spacial score (nSPS) is 10.9. The number of halogens is 1. The van der Waals surface area contributed by atoms with E-state index in [2.05, 4.69) is 10.3 Å². The van der Waals surface area contributed by atoms with Crippen LogP contribution >= 0.6 is 22.9 Å². The van der Waals surface area contributed by atoms with Gasteiger partial charge in [-0.15, -0.1) is 11.3 Å². The highest BCUT2D eigenvalue weighted by molar-refractivity contribution is 7.16. The number of hydrogen-bond acceptors (Lipinski definition) is 5. The molecule has 152 valence electrons. The Morgan fingerprint density at radius 3 is 2.80 bits per heavy atom. The van der Waals surface area contributed by atoms with Crippen LogP contribution in [0.15, 0.2) is 65.0 Å². The summed E-state index contributed by atoms with van der Waals surface area (Å²) in [4.78, 5) is 29.9. The first-order valence-corrected chi connectivity index (χ1v) is 10.5. The van der Waals surface area contributed by atoms with Crippen molar-refractivity contribution in [3.05, 3.63) is 81.2 Å². The lowest BCUT2D eigenvalue weighted by molar-refractivity contribution is -0.116. The SMILES string of the molecule is Cc1ccc(Oc2ccc(Cl)cc2NC(=O)CCn2cnc3sccc3c2=O)cc1. The molecule has 30 heavy (non-hydrogen) atoms. The van der Waals surface area contributed by atoms with E-state index in [1.165, 1.54) is 22.2 Å². The highest BCUT2D eigenvalue weighted by atomic mass is 35.5. The van der Waals surface area contributed by atoms with Crippen LogP contribution in [-0.4, -0.2) is 15.5 Å². The number of aryl methyl sites for hydroxylation is 2. The lowest BCUT2D eigenvalue weighted by Crippen LogP contribution is -2.23. The van der Waals surface area contributed by atoms with Crippen LogP contribution < -0.4 is 15.6 Å². The first-order chi connectivity index (χ1) is 14.5. The van der Waals surface area contributed by atoms with Crippen LogP contribution in [0.3, 0.4) is 0 Å². The fourth-order valence-corrected chi connectivity index (χ4v) is 3.80. The third-order valence-electron chi connectivity index (χ3n) is 4.49. The minimum absolute atomic E-state index is 0.105. The second kappa shape index (κ2) is 8.69. The van der Waals surface area contributed by atoms with Crippen molar-refractivity contribution in [2.45, 2.75) is 19.9 Å². The molecule has 0 aliphatic carbocycles. The Kier molecular flexibility index (Phi) is 5.83. The molecule has 0 saturated heterocycles. The summed E-state index contributed by atoms with van der Waals surface area (Å²) >= 11 is 7.51. The number of fused-ring (bicyclic) bond motifs is 1. The van der Waals surface area contributed by atoms with Gasteiger partial charge >= 0.3 is 0 Å². The van der Waals surface area contributed by atoms with E-state index in [-0.39, 0.29) is 24.4 Å². The van der Waals surface area contributed by atoms with E-state index in [0.717, 1.165) is 5.56 Å². The topological polar surface area (TPSA) is 73.2 Å². The molecule has 0 spiro atoms. The molecule has 0 bridgehead atoms. The van der Waals surface area contributed by atoms with Gasteiger partial charge in [0.15, 0.2) is 5.75 Å². The molecule has 0 fully saturated rings. The van der Waals surface area contributed by atoms with Gasteiger partial charge in [0.05, 0.1) is 17.4 Å². The maximum absolute atomic E-state index is 12.5. The quantitative estimate of drug-likeness (QED) is 0.445. The first-order valence-electron chi connectivity index (χ1n) is 9.26. The highest BCUT2D eigenvalue weighted by Gasteiger charge is 2.12. The number of carbonyl (C=O) groups is 1. The maximum Gasteiger partial charge on any atom is 0.262 e. The van der Waals surface area contributed by atoms with Crippen LogP contribution in [0.1, 0.15) is 12.0 Å². The molecule has 0 aliphatic rings. The van der Waals surface area contributed by atoms with Crippen molar-refractivity contribution in [1.29, 1.82) is 0 Å². The van der Waals surface area contributed by atoms with Crippen molar-refractivity contribution in [2.24, 2.45) is 0 Å². The van der Waals surface area contributed by atoms with Gasteiger partial charge in [-0.3, -0.25) is 14.2 Å². The Morgan fingerprint density at radius 2 is 2.00 bits per heavy atom. The summed E-state index contributed by atoms with van der Waals surface area (Å²) in [6.07, 6.45) is 1.58. The summed E-state index contributed by atoms with van der Waals surface area (Å²) in [6, 6.07) is 14.4. The fraction of sp³-hybridized carbons (Fsp3) is 0.136. The number of benzene rings is 2. The zero-order chi connectivity index (χ0) is 21.1. The van der Waals surface area contributed by atoms with E-state index >= 15 is 0 Å². The van der Waals surface area contributed by atoms with Crippen molar-refractivity contribution in [3.8, 4) is 11.5 Å². The monoisotopic (exact) mass is 439 g/mol. The molecule has 1 N–H and O–H groups in total. The Balaban J connectivity index is 1.47. The molecule has 0 atom stereocenters. The Morgan fingerprint density at radius 1 is 1.20 bits per heavy atom. The third kappa shape index (κ3) is 4.53. The van der Waals surface area contributed by atoms with Gasteiger partial charge in [-0.2, -0.15) is 0 Å². The fourth-order valence-electron chi connectivity index (χ4n) is 2.91. The summed E-state index contributed by atoms with van der Waals surface area (Å²) in [5.74, 6) is 0.874. The zero-order valence-corrected chi connectivity index (χ0v) is 17.7. The molecule has 4 aromatic rings. The van der Waals surface area contributed by atoms with Crippen LogP contribution in [0, 0.1) is 6.92 Å². The number of ether oxygens (including phenoxy) is 1. The minimum Gasteiger partial charge on any atom is -0.455 e. The number of rotatable bonds is 6. The van der Waals surface area contributed by atoms with Crippen molar-refractivity contribution in [1.82, 2.24) is 9.55 Å². The molecule has 0 saturated carbocycles. The van der Waals surface area contributed by atoms with E-state index in [1.807, 2.05) is 36.6 Å². The summed E-state index contributed by atoms with van der Waals surface area (Å²) < 4.78 is 7.34. The summed E-state index contributed by atoms with van der Waals surface area (Å²) in [5.41, 5.74) is 1.43. The summed E-state index contributed by atoms with van der Waals surface area (Å²) in [5, 5.41) is 5.69. The third-order valence-corrected chi connectivity index (χ3v) is 5.55. The van der Waals surface area contributed by atoms with Crippen LogP contribution in [0.4, 0.5) is 5.69 Å². The van der Waals surface area contributed by atoms with Gasteiger partial charge in [0.2, 0.25) is 5.91 Å². The Bertz CT molecular complexity index is 1260. The molecule has 2 heterocycles. The second-order valence-corrected chi connectivity index (χ2v) is 8.07. The summed E-state index contributed by atoms with van der Waals surface area (Å²) in [6.45, 7) is 2.22. The number of aromatic nitrogens is 2. The predicted octanol–water partition coefficient (Wildman–Crippen LogP) is 5.24. The van der Waals surface area contributed by atoms with Crippen LogP contribution in [0.5, 0.6) is 11.5 Å². The van der Waals surface area contributed by atoms with Crippen LogP contribution in [0.2, 0.25) is 5.02 Å². The molecule has 0 aliphatic heterocycles. The molecule has 2 aromatic carbocycles. The lowest BCUT2D eigenvalue weighted by Gasteiger charge is -2.13. The van der Waals surface area contributed by atoms with Gasteiger partial charge < -0.3 is 10.1 Å². The average molecular weight is 440 g/mol. The largest absolute Gasteiger partial charge is 0.455 e. The number of hydrogen-bond donors (Lipinski definition) is 1. The number of nitrogens with one attached hydrogen (secondary N) is 1. The van der Waals surface area contributed by atoms with Crippen molar-refractivity contribution >= 4 is 44.7 Å². The second-order valence-electron chi connectivity index (χ2n) is 6.74. The molecular formula is C22H18ClN3O3S. The molecule has 4 rings (SSSR count). The van der Waals surface area contributed by atoms with Gasteiger partial charge in [-0.05, 0) is 48.7 Å². The van der Waals surface area contributed by atoms with Gasteiger partial charge in [0.25, 0.3) is 5.56 Å². The minimum atomic E-state index is -0.261. The zero-order valence-electron chi connectivity index (χ0n) is 16.1. The summed E-state index contributed by atoms with van der Waals surface area (Å²) in [7, 11) is 0. The van der Waals surface area contributed by atoms with Crippen molar-refractivity contribution < 1.29 is 9.53 Å². The standard InChI is InChI=1S/C22H18ClN3O3S/c1-14-2-5-16(6-3-14)29-19-7-4-15(23)12-18(19)25-20(27)8-10-26-13-24-21-17(22(26)28)9-11-30-21/h2-7,9,11-13H,8,10H2,1H3,(H,25,27). The van der Waals surface area contributed by atoms with Gasteiger partial charge in [0.1, 0.15) is 10.6 Å². The molecule has 0 radical (unpaired) electrons. The van der Waals surface area contributed by atoms with Crippen molar-refractivity contribution in [2.75, 3.05) is 5.32 Å². The van der Waals surface area contributed by atoms with E-state index in [1.54, 1.807) is 24.3 Å². The van der Waals surface area contributed by atoms with E-state index < -0.39 is 0 Å².